The zero-order valence-corrected chi connectivity index (χ0v) is 20.5. The number of aliphatic imine (C=N–C) groups is 2. The molecule has 1 saturated heterocycles. The molecule has 0 aromatic heterocycles. The van der Waals surface area contributed by atoms with Crippen LogP contribution in [0.5, 0.6) is 0 Å². The van der Waals surface area contributed by atoms with E-state index in [2.05, 4.69) is 56.1 Å². The van der Waals surface area contributed by atoms with Gasteiger partial charge in [0.2, 0.25) is 0 Å². The summed E-state index contributed by atoms with van der Waals surface area (Å²) in [6.07, 6.45) is 20.8. The molecule has 1 N–H and O–H groups in total. The van der Waals surface area contributed by atoms with Crippen LogP contribution in [0.3, 0.4) is 0 Å². The highest BCUT2D eigenvalue weighted by Gasteiger charge is 2.55. The van der Waals surface area contributed by atoms with Crippen LogP contribution in [0, 0.1) is 5.92 Å². The van der Waals surface area contributed by atoms with Gasteiger partial charge in [-0.2, -0.15) is 0 Å². The summed E-state index contributed by atoms with van der Waals surface area (Å²) in [5.41, 5.74) is 7.30. The van der Waals surface area contributed by atoms with E-state index in [9.17, 15) is 0 Å². The van der Waals surface area contributed by atoms with Gasteiger partial charge < -0.3 is 10.2 Å². The Bertz CT molecular complexity index is 959. The molecule has 32 heavy (non-hydrogen) atoms. The van der Waals surface area contributed by atoms with Crippen molar-refractivity contribution in [1.29, 1.82) is 0 Å². The van der Waals surface area contributed by atoms with Crippen LogP contribution in [-0.4, -0.2) is 39.1 Å². The molecule has 3 aliphatic carbocycles. The van der Waals surface area contributed by atoms with Crippen LogP contribution in [0.15, 0.2) is 45.2 Å². The van der Waals surface area contributed by atoms with Crippen LogP contribution in [0.25, 0.3) is 0 Å². The van der Waals surface area contributed by atoms with E-state index in [-0.39, 0.29) is 16.7 Å². The van der Waals surface area contributed by atoms with Gasteiger partial charge in [-0.15, -0.1) is 0 Å². The van der Waals surface area contributed by atoms with Gasteiger partial charge in [0, 0.05) is 22.7 Å². The van der Waals surface area contributed by atoms with E-state index in [0.29, 0.717) is 12.0 Å². The average Bonchev–Trinajstić information content (AvgIpc) is 3.03. The first-order valence-electron chi connectivity index (χ1n) is 13.1. The van der Waals surface area contributed by atoms with Crippen LogP contribution in [0.2, 0.25) is 0 Å². The third kappa shape index (κ3) is 3.36. The Morgan fingerprint density at radius 3 is 2.59 bits per heavy atom. The summed E-state index contributed by atoms with van der Waals surface area (Å²) in [6.45, 7) is 9.26. The van der Waals surface area contributed by atoms with Crippen molar-refractivity contribution in [3.05, 3.63) is 35.2 Å². The lowest BCUT2D eigenvalue weighted by molar-refractivity contribution is 0.0498. The molecule has 3 aliphatic heterocycles. The maximum absolute atomic E-state index is 5.49. The van der Waals surface area contributed by atoms with Gasteiger partial charge in [-0.25, -0.2) is 0 Å². The molecule has 0 amide bonds. The molecule has 2 atom stereocenters. The average molecular weight is 433 g/mol. The summed E-state index contributed by atoms with van der Waals surface area (Å²) in [6, 6.07) is 0.361. The minimum absolute atomic E-state index is 0.00583. The van der Waals surface area contributed by atoms with Crippen LogP contribution < -0.4 is 5.32 Å². The monoisotopic (exact) mass is 432 g/mol. The zero-order chi connectivity index (χ0) is 22.1. The summed E-state index contributed by atoms with van der Waals surface area (Å²) in [7, 11) is 0. The second-order valence-corrected chi connectivity index (χ2v) is 12.5. The number of hydrogen-bond donors (Lipinski definition) is 1. The number of nitrogens with zero attached hydrogens (tertiary/aromatic N) is 3. The molecular weight excluding hydrogens is 392 g/mol. The van der Waals surface area contributed by atoms with Crippen LogP contribution in [0.1, 0.15) is 98.3 Å². The van der Waals surface area contributed by atoms with Crippen molar-refractivity contribution in [2.24, 2.45) is 15.9 Å². The highest BCUT2D eigenvalue weighted by Crippen LogP contribution is 2.55. The van der Waals surface area contributed by atoms with Crippen molar-refractivity contribution in [3.8, 4) is 0 Å². The summed E-state index contributed by atoms with van der Waals surface area (Å²) < 4.78 is 0. The smallest absolute Gasteiger partial charge is 0.139 e. The van der Waals surface area contributed by atoms with Gasteiger partial charge in [0.25, 0.3) is 0 Å². The van der Waals surface area contributed by atoms with Crippen molar-refractivity contribution in [1.82, 2.24) is 10.2 Å². The van der Waals surface area contributed by atoms with Crippen molar-refractivity contribution >= 4 is 11.4 Å². The fourth-order valence-electron chi connectivity index (χ4n) is 7.94. The van der Waals surface area contributed by atoms with Crippen molar-refractivity contribution < 1.29 is 0 Å². The van der Waals surface area contributed by atoms with E-state index in [1.807, 2.05) is 0 Å². The molecule has 6 aliphatic rings. The molecule has 1 spiro atoms. The molecule has 0 radical (unpaired) electrons. The number of allylic oxidation sites excluding steroid dienone is 5. The van der Waals surface area contributed by atoms with E-state index >= 15 is 0 Å². The molecule has 4 heteroatoms. The fraction of sp³-hybridized carbons (Fsp3) is 0.714. The van der Waals surface area contributed by atoms with Gasteiger partial charge in [0.05, 0.1) is 23.2 Å². The number of hydrogen-bond acceptors (Lipinski definition) is 4. The standard InChI is InChI=1S/C28H40N4/c1-26(2)17-22(18-27(3,4)31-26)29-21-12-13-23-25(16-21)32-24-11-6-5-9-19(24)15-20-10-7-8-14-28(20,32)30-23/h12-13,16,20,22,31H,5-11,14-15,17-18H2,1-4H3/t20-,28-/m1/s1. The first-order chi connectivity index (χ1) is 15.2. The minimum Gasteiger partial charge on any atom is -0.318 e. The number of rotatable bonds is 1. The Morgan fingerprint density at radius 2 is 1.78 bits per heavy atom. The van der Waals surface area contributed by atoms with Gasteiger partial charge in [-0.3, -0.25) is 9.98 Å². The number of fused-ring (bicyclic) bond motifs is 3. The van der Waals surface area contributed by atoms with Gasteiger partial charge in [0.1, 0.15) is 5.66 Å². The maximum atomic E-state index is 5.49. The normalized spacial score (nSPS) is 36.8. The molecular formula is C28H40N4. The summed E-state index contributed by atoms with van der Waals surface area (Å²) in [4.78, 5) is 13.5. The van der Waals surface area contributed by atoms with E-state index in [1.54, 1.807) is 11.3 Å². The van der Waals surface area contributed by atoms with Gasteiger partial charge in [-0.05, 0) is 110 Å². The Labute approximate surface area is 194 Å². The van der Waals surface area contributed by atoms with E-state index < -0.39 is 0 Å². The second kappa shape index (κ2) is 7.16. The first kappa shape index (κ1) is 20.9. The summed E-state index contributed by atoms with van der Waals surface area (Å²) >= 11 is 0. The van der Waals surface area contributed by atoms with E-state index in [4.69, 9.17) is 9.98 Å². The van der Waals surface area contributed by atoms with Crippen LogP contribution >= 0.6 is 0 Å². The Morgan fingerprint density at radius 1 is 1.00 bits per heavy atom. The maximum Gasteiger partial charge on any atom is 0.139 e. The summed E-state index contributed by atoms with van der Waals surface area (Å²) in [5.74, 6) is 0.687. The molecule has 172 valence electrons. The van der Waals surface area contributed by atoms with Gasteiger partial charge >= 0.3 is 0 Å². The predicted octanol–water partition coefficient (Wildman–Crippen LogP) is 6.07. The Kier molecular flexibility index (Phi) is 4.67. The van der Waals surface area contributed by atoms with Crippen molar-refractivity contribution in [2.75, 3.05) is 0 Å². The highest BCUT2D eigenvalue weighted by molar-refractivity contribution is 6.22. The SMILES string of the molecule is CC1(C)CC(N=C2C=CC3=N[C@@]45CCCC[C@@H]4CC4=C(CCCC4)N5C3=C2)CC(C)(C)N1. The van der Waals surface area contributed by atoms with Crippen molar-refractivity contribution in [2.45, 2.75) is 121 Å². The van der Waals surface area contributed by atoms with E-state index in [1.165, 1.54) is 69.2 Å². The topological polar surface area (TPSA) is 40.0 Å². The molecule has 0 aromatic carbocycles. The lowest BCUT2D eigenvalue weighted by Crippen LogP contribution is -2.58. The molecule has 4 nitrogen and oxygen atoms in total. The van der Waals surface area contributed by atoms with Crippen molar-refractivity contribution in [3.63, 3.8) is 0 Å². The van der Waals surface area contributed by atoms with E-state index in [0.717, 1.165) is 18.6 Å². The largest absolute Gasteiger partial charge is 0.318 e. The Hall–Kier alpha value is -1.68. The third-order valence-electron chi connectivity index (χ3n) is 8.72. The molecule has 1 saturated carbocycles. The Balaban J connectivity index is 1.38. The third-order valence-corrected chi connectivity index (χ3v) is 8.72. The molecule has 3 heterocycles. The van der Waals surface area contributed by atoms with Gasteiger partial charge in [0.15, 0.2) is 0 Å². The molecule has 2 fully saturated rings. The molecule has 0 aromatic rings. The zero-order valence-electron chi connectivity index (χ0n) is 20.5. The summed E-state index contributed by atoms with van der Waals surface area (Å²) in [5, 5.41) is 3.80. The number of nitrogens with one attached hydrogen (secondary N) is 1. The first-order valence-corrected chi connectivity index (χ1v) is 13.1. The van der Waals surface area contributed by atoms with Crippen LogP contribution in [-0.2, 0) is 0 Å². The minimum atomic E-state index is -0.00583. The predicted molar refractivity (Wildman–Crippen MR) is 133 cm³/mol. The fourth-order valence-corrected chi connectivity index (χ4v) is 7.94. The van der Waals surface area contributed by atoms with Crippen LogP contribution in [0.4, 0.5) is 0 Å². The molecule has 0 bridgehead atoms. The lowest BCUT2D eigenvalue weighted by Gasteiger charge is -2.52. The number of piperidine rings is 1. The molecule has 0 unspecified atom stereocenters. The second-order valence-electron chi connectivity index (χ2n) is 12.5. The highest BCUT2D eigenvalue weighted by atomic mass is 15.4. The van der Waals surface area contributed by atoms with Gasteiger partial charge in [-0.1, -0.05) is 12.0 Å². The lowest BCUT2D eigenvalue weighted by atomic mass is 9.70. The quantitative estimate of drug-likeness (QED) is 0.511. The molecule has 6 rings (SSSR count).